The number of aryl methyl sites for hydroxylation is 2. The van der Waals surface area contributed by atoms with E-state index < -0.39 is 15.8 Å². The Hall–Kier alpha value is -2.26. The maximum Gasteiger partial charge on any atom is 0.259 e. The third kappa shape index (κ3) is 3.36. The molecular formula is C17H20FN3O4S. The van der Waals surface area contributed by atoms with Crippen LogP contribution >= 0.6 is 0 Å². The van der Waals surface area contributed by atoms with Crippen LogP contribution in [0.25, 0.3) is 0 Å². The summed E-state index contributed by atoms with van der Waals surface area (Å²) in [6, 6.07) is 4.93. The fraction of sp³-hybridized carbons (Fsp3) is 0.412. The lowest BCUT2D eigenvalue weighted by Crippen LogP contribution is -2.50. The average Bonchev–Trinajstić information content (AvgIpc) is 3.02. The number of carbonyl (C=O) groups is 1. The van der Waals surface area contributed by atoms with Gasteiger partial charge in [0, 0.05) is 26.2 Å². The maximum absolute atomic E-state index is 13.3. The van der Waals surface area contributed by atoms with Crippen molar-refractivity contribution >= 4 is 15.9 Å². The summed E-state index contributed by atoms with van der Waals surface area (Å²) in [6.45, 7) is 4.37. The zero-order valence-electron chi connectivity index (χ0n) is 14.6. The van der Waals surface area contributed by atoms with E-state index in [0.717, 1.165) is 6.07 Å². The van der Waals surface area contributed by atoms with Crippen molar-refractivity contribution in [3.05, 3.63) is 47.1 Å². The van der Waals surface area contributed by atoms with Crippen LogP contribution in [0.4, 0.5) is 4.39 Å². The Balaban J connectivity index is 1.73. The van der Waals surface area contributed by atoms with Crippen LogP contribution < -0.4 is 0 Å². The number of benzene rings is 1. The molecule has 26 heavy (non-hydrogen) atoms. The summed E-state index contributed by atoms with van der Waals surface area (Å²) in [5.41, 5.74) is 1.05. The molecule has 1 aliphatic rings. The minimum absolute atomic E-state index is 0.0829. The fourth-order valence-corrected chi connectivity index (χ4v) is 4.45. The summed E-state index contributed by atoms with van der Waals surface area (Å²) in [5, 5.41) is 3.89. The summed E-state index contributed by atoms with van der Waals surface area (Å²) < 4.78 is 45.0. The van der Waals surface area contributed by atoms with E-state index in [1.165, 1.54) is 22.5 Å². The molecule has 0 radical (unpaired) electrons. The molecule has 7 nitrogen and oxygen atoms in total. The minimum atomic E-state index is -3.78. The van der Waals surface area contributed by atoms with Gasteiger partial charge in [-0.25, -0.2) is 12.8 Å². The number of hydrogen-bond acceptors (Lipinski definition) is 5. The Morgan fingerprint density at radius 3 is 2.58 bits per heavy atom. The van der Waals surface area contributed by atoms with Gasteiger partial charge in [-0.05, 0) is 31.5 Å². The second kappa shape index (κ2) is 7.16. The fourth-order valence-electron chi connectivity index (χ4n) is 3.00. The van der Waals surface area contributed by atoms with E-state index in [1.54, 1.807) is 11.8 Å². The van der Waals surface area contributed by atoms with Crippen molar-refractivity contribution in [1.29, 1.82) is 0 Å². The largest absolute Gasteiger partial charge is 0.361 e. The Bertz CT molecular complexity index is 918. The molecule has 1 amide bonds. The SMILES string of the molecule is CCc1noc(C)c1C(=O)N1CCN(S(=O)(=O)c2cccc(F)c2)CC1. The minimum Gasteiger partial charge on any atom is -0.361 e. The van der Waals surface area contributed by atoms with Gasteiger partial charge in [0.05, 0.1) is 10.6 Å². The van der Waals surface area contributed by atoms with Crippen LogP contribution in [-0.4, -0.2) is 54.9 Å². The van der Waals surface area contributed by atoms with Gasteiger partial charge in [-0.15, -0.1) is 0 Å². The number of piperazine rings is 1. The first kappa shape index (κ1) is 18.5. The molecule has 1 aromatic carbocycles. The molecular weight excluding hydrogens is 361 g/mol. The summed E-state index contributed by atoms with van der Waals surface area (Å²) >= 11 is 0. The highest BCUT2D eigenvalue weighted by Crippen LogP contribution is 2.21. The first-order valence-corrected chi connectivity index (χ1v) is 9.78. The number of amides is 1. The molecule has 3 rings (SSSR count). The van der Waals surface area contributed by atoms with Crippen molar-refractivity contribution < 1.29 is 22.1 Å². The van der Waals surface area contributed by atoms with E-state index in [9.17, 15) is 17.6 Å². The first-order chi connectivity index (χ1) is 12.3. The van der Waals surface area contributed by atoms with Gasteiger partial charge < -0.3 is 9.42 Å². The Labute approximate surface area is 151 Å². The average molecular weight is 381 g/mol. The number of carbonyl (C=O) groups excluding carboxylic acids is 1. The van der Waals surface area contributed by atoms with Crippen LogP contribution in [0.3, 0.4) is 0 Å². The van der Waals surface area contributed by atoms with E-state index >= 15 is 0 Å². The van der Waals surface area contributed by atoms with Crippen LogP contribution in [0.5, 0.6) is 0 Å². The Kier molecular flexibility index (Phi) is 5.10. The number of halogens is 1. The molecule has 1 aliphatic heterocycles. The van der Waals surface area contributed by atoms with Crippen molar-refractivity contribution in [2.45, 2.75) is 25.2 Å². The molecule has 0 spiro atoms. The van der Waals surface area contributed by atoms with Crippen LogP contribution in [0.15, 0.2) is 33.7 Å². The summed E-state index contributed by atoms with van der Waals surface area (Å²) in [4.78, 5) is 14.3. The second-order valence-electron chi connectivity index (χ2n) is 6.07. The summed E-state index contributed by atoms with van der Waals surface area (Å²) in [5.74, 6) is -0.347. The van der Waals surface area contributed by atoms with Crippen LogP contribution in [-0.2, 0) is 16.4 Å². The second-order valence-corrected chi connectivity index (χ2v) is 8.01. The van der Waals surface area contributed by atoms with Gasteiger partial charge in [0.2, 0.25) is 10.0 Å². The number of hydrogen-bond donors (Lipinski definition) is 0. The molecule has 0 bridgehead atoms. The van der Waals surface area contributed by atoms with Crippen molar-refractivity contribution in [2.75, 3.05) is 26.2 Å². The molecule has 0 unspecified atom stereocenters. The highest BCUT2D eigenvalue weighted by molar-refractivity contribution is 7.89. The normalized spacial score (nSPS) is 16.0. The van der Waals surface area contributed by atoms with Gasteiger partial charge in [-0.3, -0.25) is 4.79 Å². The van der Waals surface area contributed by atoms with Gasteiger partial charge in [-0.1, -0.05) is 18.1 Å². The molecule has 0 aliphatic carbocycles. The van der Waals surface area contributed by atoms with Gasteiger partial charge in [0.25, 0.3) is 5.91 Å². The number of nitrogens with zero attached hydrogens (tertiary/aromatic N) is 3. The van der Waals surface area contributed by atoms with Gasteiger partial charge in [0.1, 0.15) is 17.1 Å². The van der Waals surface area contributed by atoms with Gasteiger partial charge in [-0.2, -0.15) is 4.31 Å². The molecule has 1 fully saturated rings. The number of aromatic nitrogens is 1. The highest BCUT2D eigenvalue weighted by Gasteiger charge is 2.32. The van der Waals surface area contributed by atoms with Crippen molar-refractivity contribution in [2.24, 2.45) is 0 Å². The lowest BCUT2D eigenvalue weighted by Gasteiger charge is -2.34. The Morgan fingerprint density at radius 1 is 1.27 bits per heavy atom. The number of rotatable bonds is 4. The maximum atomic E-state index is 13.3. The molecule has 140 valence electrons. The zero-order valence-corrected chi connectivity index (χ0v) is 15.4. The monoisotopic (exact) mass is 381 g/mol. The van der Waals surface area contributed by atoms with Crippen LogP contribution in [0, 0.1) is 12.7 Å². The molecule has 1 saturated heterocycles. The van der Waals surface area contributed by atoms with E-state index in [1.807, 2.05) is 6.92 Å². The summed E-state index contributed by atoms with van der Waals surface area (Å²) in [7, 11) is -3.78. The third-order valence-corrected chi connectivity index (χ3v) is 6.34. The van der Waals surface area contributed by atoms with E-state index in [4.69, 9.17) is 4.52 Å². The van der Waals surface area contributed by atoms with Gasteiger partial charge >= 0.3 is 0 Å². The molecule has 0 atom stereocenters. The molecule has 1 aromatic heterocycles. The lowest BCUT2D eigenvalue weighted by atomic mass is 10.1. The third-order valence-electron chi connectivity index (χ3n) is 4.44. The molecule has 2 heterocycles. The molecule has 0 N–H and O–H groups in total. The first-order valence-electron chi connectivity index (χ1n) is 8.34. The van der Waals surface area contributed by atoms with Gasteiger partial charge in [0.15, 0.2) is 0 Å². The van der Waals surface area contributed by atoms with E-state index in [2.05, 4.69) is 5.16 Å². The Morgan fingerprint density at radius 2 is 1.96 bits per heavy atom. The molecule has 2 aromatic rings. The van der Waals surface area contributed by atoms with Crippen LogP contribution in [0.1, 0.15) is 28.7 Å². The van der Waals surface area contributed by atoms with Crippen molar-refractivity contribution in [3.63, 3.8) is 0 Å². The zero-order chi connectivity index (χ0) is 18.9. The lowest BCUT2D eigenvalue weighted by molar-refractivity contribution is 0.0695. The predicted octanol–water partition coefficient (Wildman–Crippen LogP) is 1.83. The summed E-state index contributed by atoms with van der Waals surface area (Å²) in [6.07, 6.45) is 0.576. The quantitative estimate of drug-likeness (QED) is 0.807. The smallest absolute Gasteiger partial charge is 0.259 e. The van der Waals surface area contributed by atoms with Crippen molar-refractivity contribution in [3.8, 4) is 0 Å². The predicted molar refractivity (Wildman–Crippen MR) is 91.7 cm³/mol. The topological polar surface area (TPSA) is 83.7 Å². The van der Waals surface area contributed by atoms with Crippen molar-refractivity contribution in [1.82, 2.24) is 14.4 Å². The van der Waals surface area contributed by atoms with E-state index in [-0.39, 0.29) is 37.0 Å². The van der Waals surface area contributed by atoms with E-state index in [0.29, 0.717) is 23.4 Å². The standard InChI is InChI=1S/C17H20FN3O4S/c1-3-15-16(12(2)25-19-15)17(22)20-7-9-21(10-8-20)26(23,24)14-6-4-5-13(18)11-14/h4-6,11H,3,7-10H2,1-2H3. The highest BCUT2D eigenvalue weighted by atomic mass is 32.2. The molecule has 9 heteroatoms. The van der Waals surface area contributed by atoms with Crippen LogP contribution in [0.2, 0.25) is 0 Å². The molecule has 0 saturated carbocycles. The number of sulfonamides is 1.